The molecule has 2 rings (SSSR count). The molecule has 0 saturated carbocycles. The molecule has 2 aliphatic rings. The minimum atomic E-state index is 0.0926. The Kier molecular flexibility index (Phi) is 2.62. The van der Waals surface area contributed by atoms with Crippen LogP contribution >= 0.6 is 23.5 Å². The van der Waals surface area contributed by atoms with Crippen molar-refractivity contribution in [3.63, 3.8) is 0 Å². The van der Waals surface area contributed by atoms with E-state index in [1.165, 1.54) is 0 Å². The number of ether oxygens (including phenoxy) is 2. The van der Waals surface area contributed by atoms with Gasteiger partial charge in [0.25, 0.3) is 0 Å². The molecule has 2 nitrogen and oxygen atoms in total. The summed E-state index contributed by atoms with van der Waals surface area (Å²) in [6.07, 6.45) is 0. The van der Waals surface area contributed by atoms with E-state index in [0.29, 0.717) is 0 Å². The standard InChI is InChI=1S/C10H18O2S2/c1-8(2,14-10(4)6-12-10)7-13-9(3)5-11-9/h5-7H2,1-4H3. The van der Waals surface area contributed by atoms with Crippen LogP contribution in [0.5, 0.6) is 0 Å². The van der Waals surface area contributed by atoms with Crippen LogP contribution in [0.4, 0.5) is 0 Å². The third-order valence-electron chi connectivity index (χ3n) is 2.32. The number of rotatable bonds is 5. The molecule has 82 valence electrons. The second-order valence-corrected chi connectivity index (χ2v) is 8.61. The largest absolute Gasteiger partial charge is 0.358 e. The van der Waals surface area contributed by atoms with Gasteiger partial charge in [0.1, 0.15) is 9.87 Å². The summed E-state index contributed by atoms with van der Waals surface area (Å²) in [5.74, 6) is 1.12. The van der Waals surface area contributed by atoms with Crippen molar-refractivity contribution in [3.8, 4) is 0 Å². The summed E-state index contributed by atoms with van der Waals surface area (Å²) in [7, 11) is 0. The minimum absolute atomic E-state index is 0.0926. The van der Waals surface area contributed by atoms with Crippen LogP contribution in [0, 0.1) is 0 Å². The molecule has 0 aromatic rings. The van der Waals surface area contributed by atoms with E-state index in [1.54, 1.807) is 0 Å². The van der Waals surface area contributed by atoms with Crippen LogP contribution in [0.25, 0.3) is 0 Å². The van der Waals surface area contributed by atoms with Crippen LogP contribution in [0.3, 0.4) is 0 Å². The number of hydrogen-bond acceptors (Lipinski definition) is 4. The lowest BCUT2D eigenvalue weighted by atomic mass is 10.2. The van der Waals surface area contributed by atoms with Crippen molar-refractivity contribution < 1.29 is 9.47 Å². The molecule has 0 aliphatic carbocycles. The summed E-state index contributed by atoms with van der Waals surface area (Å²) in [4.78, 5) is 0.207. The van der Waals surface area contributed by atoms with Gasteiger partial charge in [-0.1, -0.05) is 0 Å². The fourth-order valence-corrected chi connectivity index (χ4v) is 3.92. The van der Waals surface area contributed by atoms with Gasteiger partial charge in [0, 0.05) is 10.5 Å². The van der Waals surface area contributed by atoms with Crippen molar-refractivity contribution >= 4 is 23.5 Å². The Morgan fingerprint density at radius 1 is 1.14 bits per heavy atom. The van der Waals surface area contributed by atoms with Crippen molar-refractivity contribution in [2.24, 2.45) is 0 Å². The van der Waals surface area contributed by atoms with E-state index in [1.807, 2.05) is 23.5 Å². The van der Waals surface area contributed by atoms with E-state index in [2.05, 4.69) is 27.7 Å². The molecule has 0 aromatic carbocycles. The zero-order valence-electron chi connectivity index (χ0n) is 9.25. The summed E-state index contributed by atoms with van der Waals surface area (Å²) < 4.78 is 11.0. The van der Waals surface area contributed by atoms with Gasteiger partial charge in [-0.15, -0.1) is 23.5 Å². The average molecular weight is 234 g/mol. The van der Waals surface area contributed by atoms with Crippen LogP contribution in [-0.2, 0) is 9.47 Å². The normalized spacial score (nSPS) is 41.1. The van der Waals surface area contributed by atoms with Crippen LogP contribution in [0.15, 0.2) is 0 Å². The van der Waals surface area contributed by atoms with E-state index in [9.17, 15) is 0 Å². The lowest BCUT2D eigenvalue weighted by Gasteiger charge is -2.26. The fraction of sp³-hybridized carbons (Fsp3) is 1.00. The monoisotopic (exact) mass is 234 g/mol. The third kappa shape index (κ3) is 3.05. The molecule has 0 amide bonds. The first-order valence-electron chi connectivity index (χ1n) is 4.95. The SMILES string of the molecule is CC(C)(CSC1(C)CO1)SC1(C)CO1. The van der Waals surface area contributed by atoms with Crippen LogP contribution < -0.4 is 0 Å². The summed E-state index contributed by atoms with van der Waals surface area (Å²) in [5.41, 5.74) is 0. The van der Waals surface area contributed by atoms with Crippen LogP contribution in [0.1, 0.15) is 27.7 Å². The van der Waals surface area contributed by atoms with Crippen molar-refractivity contribution in [1.82, 2.24) is 0 Å². The lowest BCUT2D eigenvalue weighted by molar-refractivity contribution is 0.398. The maximum absolute atomic E-state index is 5.40. The van der Waals surface area contributed by atoms with Crippen molar-refractivity contribution in [2.45, 2.75) is 42.3 Å². The average Bonchev–Trinajstić information content (AvgIpc) is 2.91. The highest BCUT2D eigenvalue weighted by atomic mass is 32.2. The molecule has 4 heteroatoms. The smallest absolute Gasteiger partial charge is 0.134 e. The molecule has 2 saturated heterocycles. The first kappa shape index (κ1) is 11.1. The van der Waals surface area contributed by atoms with Gasteiger partial charge < -0.3 is 9.47 Å². The first-order valence-corrected chi connectivity index (χ1v) is 6.75. The van der Waals surface area contributed by atoms with Gasteiger partial charge in [-0.3, -0.25) is 0 Å². The molecule has 2 aliphatic heterocycles. The molecule has 2 fully saturated rings. The summed E-state index contributed by atoms with van der Waals surface area (Å²) in [5, 5.41) is 0. The van der Waals surface area contributed by atoms with E-state index < -0.39 is 0 Å². The summed E-state index contributed by atoms with van der Waals surface area (Å²) >= 11 is 3.86. The maximum Gasteiger partial charge on any atom is 0.134 e. The maximum atomic E-state index is 5.40. The number of hydrogen-bond donors (Lipinski definition) is 0. The van der Waals surface area contributed by atoms with Crippen molar-refractivity contribution in [3.05, 3.63) is 0 Å². The topological polar surface area (TPSA) is 25.1 Å². The second-order valence-electron chi connectivity index (χ2n) is 5.00. The molecule has 0 N–H and O–H groups in total. The van der Waals surface area contributed by atoms with Gasteiger partial charge in [0.15, 0.2) is 0 Å². The Hall–Kier alpha value is 0.620. The molecule has 0 radical (unpaired) electrons. The number of epoxide rings is 2. The fourth-order valence-electron chi connectivity index (χ4n) is 1.29. The van der Waals surface area contributed by atoms with E-state index in [0.717, 1.165) is 19.0 Å². The van der Waals surface area contributed by atoms with E-state index >= 15 is 0 Å². The second kappa shape index (κ2) is 3.30. The van der Waals surface area contributed by atoms with Gasteiger partial charge in [-0.05, 0) is 27.7 Å². The summed E-state index contributed by atoms with van der Waals surface area (Å²) in [6, 6.07) is 0. The molecule has 2 atom stereocenters. The van der Waals surface area contributed by atoms with Crippen LogP contribution in [0.2, 0.25) is 0 Å². The highest BCUT2D eigenvalue weighted by Crippen LogP contribution is 2.49. The Bertz CT molecular complexity index is 232. The molecule has 2 unspecified atom stereocenters. The molecule has 2 heterocycles. The minimum Gasteiger partial charge on any atom is -0.358 e. The first-order chi connectivity index (χ1) is 6.33. The van der Waals surface area contributed by atoms with Gasteiger partial charge in [-0.2, -0.15) is 0 Å². The predicted molar refractivity (Wildman–Crippen MR) is 62.8 cm³/mol. The molecule has 0 bridgehead atoms. The van der Waals surface area contributed by atoms with Gasteiger partial charge in [-0.25, -0.2) is 0 Å². The molecule has 0 spiro atoms. The highest BCUT2D eigenvalue weighted by molar-refractivity contribution is 8.05. The molecule has 14 heavy (non-hydrogen) atoms. The Balaban J connectivity index is 1.76. The third-order valence-corrected chi connectivity index (χ3v) is 5.58. The van der Waals surface area contributed by atoms with Gasteiger partial charge in [0.05, 0.1) is 13.2 Å². The Morgan fingerprint density at radius 2 is 1.64 bits per heavy atom. The van der Waals surface area contributed by atoms with Crippen LogP contribution in [-0.4, -0.2) is 33.6 Å². The zero-order chi connectivity index (χ0) is 10.4. The molecular weight excluding hydrogens is 216 g/mol. The van der Waals surface area contributed by atoms with Gasteiger partial charge in [0.2, 0.25) is 0 Å². The van der Waals surface area contributed by atoms with E-state index in [4.69, 9.17) is 9.47 Å². The zero-order valence-corrected chi connectivity index (χ0v) is 10.9. The Morgan fingerprint density at radius 3 is 2.07 bits per heavy atom. The highest BCUT2D eigenvalue weighted by Gasteiger charge is 2.46. The van der Waals surface area contributed by atoms with Crippen molar-refractivity contribution in [1.29, 1.82) is 0 Å². The summed E-state index contributed by atoms with van der Waals surface area (Å²) in [6.45, 7) is 10.7. The van der Waals surface area contributed by atoms with Crippen molar-refractivity contribution in [2.75, 3.05) is 19.0 Å². The van der Waals surface area contributed by atoms with E-state index in [-0.39, 0.29) is 14.6 Å². The molecular formula is C10H18O2S2. The predicted octanol–water partition coefficient (Wildman–Crippen LogP) is 2.72. The molecule has 0 aromatic heterocycles. The lowest BCUT2D eigenvalue weighted by Crippen LogP contribution is -2.24. The Labute approximate surface area is 94.5 Å². The quantitative estimate of drug-likeness (QED) is 0.683. The number of thioether (sulfide) groups is 2. The van der Waals surface area contributed by atoms with Gasteiger partial charge >= 0.3 is 0 Å².